The molecule has 0 spiro atoms. The number of aromatic nitrogens is 3. The molecule has 18 heavy (non-hydrogen) atoms. The Bertz CT molecular complexity index is 567. The van der Waals surface area contributed by atoms with E-state index in [0.717, 1.165) is 41.0 Å². The van der Waals surface area contributed by atoms with Crippen LogP contribution in [0, 0.1) is 3.70 Å². The first kappa shape index (κ1) is 12.4. The van der Waals surface area contributed by atoms with Gasteiger partial charge in [0.1, 0.15) is 3.70 Å². The first-order chi connectivity index (χ1) is 8.74. The Kier molecular flexibility index (Phi) is 3.58. The van der Waals surface area contributed by atoms with Gasteiger partial charge in [0.15, 0.2) is 10.8 Å². The molecule has 0 amide bonds. The lowest BCUT2D eigenvalue weighted by molar-refractivity contribution is 0.120. The topological polar surface area (TPSA) is 51.5 Å². The average molecular weight is 379 g/mol. The van der Waals surface area contributed by atoms with Crippen LogP contribution in [-0.4, -0.2) is 33.9 Å². The highest BCUT2D eigenvalue weighted by molar-refractivity contribution is 14.1. The Morgan fingerprint density at radius 3 is 3.28 bits per heavy atom. The summed E-state index contributed by atoms with van der Waals surface area (Å²) in [5.74, 6) is 0. The van der Waals surface area contributed by atoms with Gasteiger partial charge >= 0.3 is 0 Å². The van der Waals surface area contributed by atoms with Crippen LogP contribution in [0.25, 0.3) is 5.65 Å². The van der Waals surface area contributed by atoms with E-state index >= 15 is 0 Å². The maximum Gasteiger partial charge on any atom is 0.178 e. The van der Waals surface area contributed by atoms with Crippen LogP contribution in [0.5, 0.6) is 0 Å². The molecule has 5 nitrogen and oxygen atoms in total. The van der Waals surface area contributed by atoms with Crippen molar-refractivity contribution in [1.82, 2.24) is 14.6 Å². The van der Waals surface area contributed by atoms with E-state index in [1.54, 1.807) is 16.8 Å². The molecule has 0 aliphatic carbocycles. The summed E-state index contributed by atoms with van der Waals surface area (Å²) in [6.45, 7) is 1.64. The molecule has 1 saturated heterocycles. The van der Waals surface area contributed by atoms with E-state index in [-0.39, 0.29) is 6.10 Å². The van der Waals surface area contributed by atoms with Gasteiger partial charge in [-0.05, 0) is 35.4 Å². The van der Waals surface area contributed by atoms with Crippen LogP contribution in [0.4, 0.5) is 5.69 Å². The van der Waals surface area contributed by atoms with Crippen molar-refractivity contribution < 1.29 is 4.74 Å². The second kappa shape index (κ2) is 5.18. The van der Waals surface area contributed by atoms with Crippen LogP contribution >= 0.6 is 34.2 Å². The zero-order valence-electron chi connectivity index (χ0n) is 9.57. The molecule has 1 aliphatic rings. The molecule has 1 N–H and O–H groups in total. The van der Waals surface area contributed by atoms with Gasteiger partial charge in [-0.15, -0.1) is 0 Å². The molecule has 0 unspecified atom stereocenters. The zero-order chi connectivity index (χ0) is 12.5. The molecule has 0 bridgehead atoms. The van der Waals surface area contributed by atoms with Crippen molar-refractivity contribution in [3.63, 3.8) is 0 Å². The van der Waals surface area contributed by atoms with Gasteiger partial charge in [-0.25, -0.2) is 9.50 Å². The summed E-state index contributed by atoms with van der Waals surface area (Å²) in [4.78, 5) is 4.34. The molecule has 0 saturated carbocycles. The first-order valence-electron chi connectivity index (χ1n) is 5.79. The fraction of sp³-hybridized carbons (Fsp3) is 0.455. The Morgan fingerprint density at radius 2 is 2.50 bits per heavy atom. The highest BCUT2D eigenvalue weighted by Gasteiger charge is 2.16. The van der Waals surface area contributed by atoms with Crippen molar-refractivity contribution >= 4 is 45.5 Å². The maximum absolute atomic E-state index is 6.01. The van der Waals surface area contributed by atoms with Gasteiger partial charge in [-0.1, -0.05) is 11.6 Å². The van der Waals surface area contributed by atoms with E-state index in [2.05, 4.69) is 38.0 Å². The van der Waals surface area contributed by atoms with Gasteiger partial charge in [0, 0.05) is 19.2 Å². The molecule has 96 valence electrons. The highest BCUT2D eigenvalue weighted by Crippen LogP contribution is 2.22. The van der Waals surface area contributed by atoms with E-state index in [9.17, 15) is 0 Å². The Balaban J connectivity index is 1.85. The third-order valence-corrected chi connectivity index (χ3v) is 3.86. The minimum atomic E-state index is 0.283. The quantitative estimate of drug-likeness (QED) is 0.834. The van der Waals surface area contributed by atoms with E-state index in [4.69, 9.17) is 16.3 Å². The summed E-state index contributed by atoms with van der Waals surface area (Å²) in [6, 6.07) is 1.80. The van der Waals surface area contributed by atoms with Crippen molar-refractivity contribution in [2.45, 2.75) is 18.9 Å². The molecular weight excluding hydrogens is 367 g/mol. The van der Waals surface area contributed by atoms with Crippen molar-refractivity contribution in [1.29, 1.82) is 0 Å². The maximum atomic E-state index is 6.01. The predicted octanol–water partition coefficient (Wildman–Crippen LogP) is 2.58. The summed E-state index contributed by atoms with van der Waals surface area (Å²) < 4.78 is 8.25. The zero-order valence-corrected chi connectivity index (χ0v) is 12.5. The average Bonchev–Trinajstić information content (AvgIpc) is 2.97. The van der Waals surface area contributed by atoms with Gasteiger partial charge in [0.25, 0.3) is 0 Å². The molecule has 2 aromatic heterocycles. The molecule has 0 radical (unpaired) electrons. The van der Waals surface area contributed by atoms with Gasteiger partial charge in [0.05, 0.1) is 18.0 Å². The van der Waals surface area contributed by atoms with Crippen molar-refractivity contribution in [2.24, 2.45) is 0 Å². The number of halogens is 2. The van der Waals surface area contributed by atoms with Gasteiger partial charge < -0.3 is 10.1 Å². The molecule has 0 aromatic carbocycles. The number of ether oxygens (including phenoxy) is 1. The Hall–Kier alpha value is -0.600. The number of rotatable bonds is 3. The van der Waals surface area contributed by atoms with Gasteiger partial charge in [0.2, 0.25) is 0 Å². The minimum Gasteiger partial charge on any atom is -0.379 e. The summed E-state index contributed by atoms with van der Waals surface area (Å²) in [7, 11) is 0. The van der Waals surface area contributed by atoms with Crippen LogP contribution in [0.15, 0.2) is 12.3 Å². The van der Waals surface area contributed by atoms with Crippen LogP contribution < -0.4 is 5.32 Å². The lowest BCUT2D eigenvalue weighted by atomic mass is 10.2. The standard InChI is InChI=1S/C11H12ClIN4O/c12-9-4-8(14-5-7-2-1-3-18-7)11-15-6-10(13)17(11)16-9/h4,6-7,14H,1-3,5H2/t7-/m1/s1. The van der Waals surface area contributed by atoms with Crippen molar-refractivity contribution in [3.8, 4) is 0 Å². The molecular formula is C11H12ClIN4O. The summed E-state index contributed by atoms with van der Waals surface area (Å²) in [6.07, 6.45) is 4.30. The number of hydrogen-bond acceptors (Lipinski definition) is 4. The monoisotopic (exact) mass is 378 g/mol. The predicted molar refractivity (Wildman–Crippen MR) is 78.2 cm³/mol. The Labute approximate surface area is 123 Å². The molecule has 1 fully saturated rings. The second-order valence-electron chi connectivity index (χ2n) is 4.21. The first-order valence-corrected chi connectivity index (χ1v) is 7.25. The fourth-order valence-corrected chi connectivity index (χ4v) is 2.73. The number of fused-ring (bicyclic) bond motifs is 1. The lowest BCUT2D eigenvalue weighted by Crippen LogP contribution is -2.19. The number of nitrogens with one attached hydrogen (secondary N) is 1. The normalized spacial score (nSPS) is 19.6. The molecule has 1 atom stereocenters. The van der Waals surface area contributed by atoms with Gasteiger partial charge in [-0.3, -0.25) is 0 Å². The molecule has 3 rings (SSSR count). The molecule has 2 aromatic rings. The Morgan fingerprint density at radius 1 is 1.61 bits per heavy atom. The second-order valence-corrected chi connectivity index (χ2v) is 5.71. The fourth-order valence-electron chi connectivity index (χ4n) is 2.07. The summed E-state index contributed by atoms with van der Waals surface area (Å²) >= 11 is 8.19. The van der Waals surface area contributed by atoms with Crippen LogP contribution in [-0.2, 0) is 4.74 Å². The van der Waals surface area contributed by atoms with Crippen LogP contribution in [0.1, 0.15) is 12.8 Å². The third kappa shape index (κ3) is 2.41. The molecule has 3 heterocycles. The number of nitrogens with zero attached hydrogens (tertiary/aromatic N) is 3. The third-order valence-electron chi connectivity index (χ3n) is 2.94. The number of anilines is 1. The largest absolute Gasteiger partial charge is 0.379 e. The van der Waals surface area contributed by atoms with Crippen molar-refractivity contribution in [2.75, 3.05) is 18.5 Å². The number of imidazole rings is 1. The molecule has 7 heteroatoms. The van der Waals surface area contributed by atoms with E-state index in [1.807, 2.05) is 0 Å². The van der Waals surface area contributed by atoms with Crippen LogP contribution in [0.3, 0.4) is 0 Å². The van der Waals surface area contributed by atoms with Gasteiger partial charge in [-0.2, -0.15) is 5.10 Å². The number of hydrogen-bond donors (Lipinski definition) is 1. The van der Waals surface area contributed by atoms with E-state index in [1.165, 1.54) is 0 Å². The summed E-state index contributed by atoms with van der Waals surface area (Å²) in [5, 5.41) is 8.02. The summed E-state index contributed by atoms with van der Waals surface area (Å²) in [5.41, 5.74) is 1.69. The smallest absolute Gasteiger partial charge is 0.178 e. The lowest BCUT2D eigenvalue weighted by Gasteiger charge is -2.12. The molecule has 1 aliphatic heterocycles. The minimum absolute atomic E-state index is 0.283. The van der Waals surface area contributed by atoms with Crippen molar-refractivity contribution in [3.05, 3.63) is 21.1 Å². The SMILES string of the molecule is Clc1cc(NC[C@H]2CCCO2)c2ncc(I)n2n1. The van der Waals surface area contributed by atoms with E-state index < -0.39 is 0 Å². The highest BCUT2D eigenvalue weighted by atomic mass is 127. The van der Waals surface area contributed by atoms with E-state index in [0.29, 0.717) is 5.15 Å². The van der Waals surface area contributed by atoms with Crippen LogP contribution in [0.2, 0.25) is 5.15 Å².